The normalized spacial score (nSPS) is 10.3. The van der Waals surface area contributed by atoms with Crippen LogP contribution in [-0.4, -0.2) is 29.3 Å². The maximum atomic E-state index is 11.7. The SMILES string of the molecule is COC(=O)c1cc(CCCc2ccccc2)c(O)c(C(=O)O)c1. The lowest BCUT2D eigenvalue weighted by molar-refractivity contribution is 0.0600. The van der Waals surface area contributed by atoms with Gasteiger partial charge in [-0.2, -0.15) is 0 Å². The molecule has 0 unspecified atom stereocenters. The minimum absolute atomic E-state index is 0.123. The highest BCUT2D eigenvalue weighted by Crippen LogP contribution is 2.27. The number of carbonyl (C=O) groups is 2. The Bertz CT molecular complexity index is 707. The quantitative estimate of drug-likeness (QED) is 0.801. The molecular weight excluding hydrogens is 296 g/mol. The summed E-state index contributed by atoms with van der Waals surface area (Å²) in [7, 11) is 1.23. The van der Waals surface area contributed by atoms with Crippen molar-refractivity contribution in [3.05, 3.63) is 64.7 Å². The Balaban J connectivity index is 2.20. The van der Waals surface area contributed by atoms with E-state index in [9.17, 15) is 14.7 Å². The van der Waals surface area contributed by atoms with Gasteiger partial charge >= 0.3 is 11.9 Å². The number of methoxy groups -OCH3 is 1. The summed E-state index contributed by atoms with van der Waals surface area (Å²) in [6.45, 7) is 0. The van der Waals surface area contributed by atoms with Crippen molar-refractivity contribution >= 4 is 11.9 Å². The van der Waals surface area contributed by atoms with Crippen LogP contribution in [0.4, 0.5) is 0 Å². The molecule has 0 amide bonds. The fraction of sp³-hybridized carbons (Fsp3) is 0.222. The first kappa shape index (κ1) is 16.5. The Hall–Kier alpha value is -2.82. The van der Waals surface area contributed by atoms with Gasteiger partial charge in [-0.25, -0.2) is 9.59 Å². The molecule has 2 aromatic carbocycles. The molecule has 0 heterocycles. The first-order valence-corrected chi connectivity index (χ1v) is 7.24. The van der Waals surface area contributed by atoms with Gasteiger partial charge < -0.3 is 14.9 Å². The van der Waals surface area contributed by atoms with Crippen LogP contribution in [0.3, 0.4) is 0 Å². The number of carbonyl (C=O) groups excluding carboxylic acids is 1. The van der Waals surface area contributed by atoms with E-state index >= 15 is 0 Å². The average Bonchev–Trinajstić information content (AvgIpc) is 2.56. The van der Waals surface area contributed by atoms with Crippen LogP contribution in [-0.2, 0) is 17.6 Å². The van der Waals surface area contributed by atoms with Crippen molar-refractivity contribution in [1.82, 2.24) is 0 Å². The number of aryl methyl sites for hydroxylation is 2. The van der Waals surface area contributed by atoms with Crippen LogP contribution in [0.15, 0.2) is 42.5 Å². The first-order chi connectivity index (χ1) is 11.0. The molecule has 0 saturated heterocycles. The summed E-state index contributed by atoms with van der Waals surface area (Å²) < 4.78 is 4.63. The molecule has 2 aromatic rings. The summed E-state index contributed by atoms with van der Waals surface area (Å²) in [5, 5.41) is 19.3. The van der Waals surface area contributed by atoms with E-state index in [0.29, 0.717) is 12.0 Å². The van der Waals surface area contributed by atoms with E-state index in [0.717, 1.165) is 24.5 Å². The molecule has 120 valence electrons. The lowest BCUT2D eigenvalue weighted by Crippen LogP contribution is -2.07. The molecule has 0 radical (unpaired) electrons. The number of benzene rings is 2. The third kappa shape index (κ3) is 4.10. The number of hydrogen-bond donors (Lipinski definition) is 2. The van der Waals surface area contributed by atoms with Crippen LogP contribution < -0.4 is 0 Å². The van der Waals surface area contributed by atoms with Gasteiger partial charge in [0.1, 0.15) is 11.3 Å². The molecule has 0 spiro atoms. The van der Waals surface area contributed by atoms with Crippen molar-refractivity contribution in [2.75, 3.05) is 7.11 Å². The second-order valence-electron chi connectivity index (χ2n) is 5.17. The second kappa shape index (κ2) is 7.45. The summed E-state index contributed by atoms with van der Waals surface area (Å²) in [6, 6.07) is 12.5. The maximum Gasteiger partial charge on any atom is 0.339 e. The number of aromatic carboxylic acids is 1. The van der Waals surface area contributed by atoms with Crippen molar-refractivity contribution < 1.29 is 24.5 Å². The van der Waals surface area contributed by atoms with E-state index in [1.165, 1.54) is 13.2 Å². The number of esters is 1. The smallest absolute Gasteiger partial charge is 0.339 e. The number of rotatable bonds is 6. The molecule has 0 bridgehead atoms. The van der Waals surface area contributed by atoms with Crippen LogP contribution >= 0.6 is 0 Å². The molecule has 5 heteroatoms. The summed E-state index contributed by atoms with van der Waals surface area (Å²) >= 11 is 0. The lowest BCUT2D eigenvalue weighted by atomic mass is 9.98. The molecular formula is C18H18O5. The van der Waals surface area contributed by atoms with Gasteiger partial charge in [-0.05, 0) is 42.5 Å². The summed E-state index contributed by atoms with van der Waals surface area (Å²) in [5.41, 5.74) is 1.43. The fourth-order valence-electron chi connectivity index (χ4n) is 2.41. The van der Waals surface area contributed by atoms with Crippen molar-refractivity contribution in [2.24, 2.45) is 0 Å². The Morgan fingerprint density at radius 3 is 2.39 bits per heavy atom. The van der Waals surface area contributed by atoms with E-state index in [1.807, 2.05) is 30.3 Å². The van der Waals surface area contributed by atoms with Gasteiger partial charge in [0, 0.05) is 0 Å². The number of ether oxygens (including phenoxy) is 1. The molecule has 2 rings (SSSR count). The fourth-order valence-corrected chi connectivity index (χ4v) is 2.41. The Morgan fingerprint density at radius 2 is 1.78 bits per heavy atom. The zero-order valence-corrected chi connectivity index (χ0v) is 12.8. The summed E-state index contributed by atoms with van der Waals surface area (Å²) in [6.07, 6.45) is 1.98. The molecule has 0 saturated carbocycles. The van der Waals surface area contributed by atoms with E-state index in [2.05, 4.69) is 4.74 Å². The predicted octanol–water partition coefficient (Wildman–Crippen LogP) is 3.05. The van der Waals surface area contributed by atoms with Gasteiger partial charge in [0.2, 0.25) is 0 Å². The highest BCUT2D eigenvalue weighted by atomic mass is 16.5. The van der Waals surface area contributed by atoms with Crippen molar-refractivity contribution in [1.29, 1.82) is 0 Å². The van der Waals surface area contributed by atoms with Crippen molar-refractivity contribution in [3.63, 3.8) is 0 Å². The zero-order chi connectivity index (χ0) is 16.8. The molecule has 0 aromatic heterocycles. The van der Waals surface area contributed by atoms with Crippen LogP contribution in [0.25, 0.3) is 0 Å². The Morgan fingerprint density at radius 1 is 1.09 bits per heavy atom. The maximum absolute atomic E-state index is 11.7. The Kier molecular flexibility index (Phi) is 5.36. The minimum atomic E-state index is -1.28. The van der Waals surface area contributed by atoms with Crippen LogP contribution in [0.2, 0.25) is 0 Å². The highest BCUT2D eigenvalue weighted by molar-refractivity contribution is 5.97. The summed E-state index contributed by atoms with van der Waals surface area (Å²) in [4.78, 5) is 22.9. The zero-order valence-electron chi connectivity index (χ0n) is 12.8. The monoisotopic (exact) mass is 314 g/mol. The largest absolute Gasteiger partial charge is 0.507 e. The van der Waals surface area contributed by atoms with Gasteiger partial charge in [-0.15, -0.1) is 0 Å². The Labute approximate surface area is 134 Å². The number of carboxylic acid groups (broad SMARTS) is 1. The molecule has 0 fully saturated rings. The number of phenols is 1. The van der Waals surface area contributed by atoms with Gasteiger partial charge in [-0.3, -0.25) is 0 Å². The van der Waals surface area contributed by atoms with E-state index in [1.54, 1.807) is 0 Å². The van der Waals surface area contributed by atoms with Crippen LogP contribution in [0, 0.1) is 0 Å². The molecule has 0 aliphatic carbocycles. The van der Waals surface area contributed by atoms with Crippen LogP contribution in [0.5, 0.6) is 5.75 Å². The summed E-state index contributed by atoms with van der Waals surface area (Å²) in [5.74, 6) is -2.20. The molecule has 0 atom stereocenters. The molecule has 2 N–H and O–H groups in total. The standard InChI is InChI=1S/C18H18O5/c1-23-18(22)14-10-13(16(19)15(11-14)17(20)21)9-5-8-12-6-3-2-4-7-12/h2-4,6-7,10-11,19H,5,8-9H2,1H3,(H,20,21). The van der Waals surface area contributed by atoms with E-state index < -0.39 is 11.9 Å². The van der Waals surface area contributed by atoms with Gasteiger partial charge in [0.05, 0.1) is 12.7 Å². The lowest BCUT2D eigenvalue weighted by Gasteiger charge is -2.10. The number of carboxylic acids is 1. The third-order valence-corrected chi connectivity index (χ3v) is 3.59. The molecule has 0 aliphatic heterocycles. The third-order valence-electron chi connectivity index (χ3n) is 3.59. The second-order valence-corrected chi connectivity index (χ2v) is 5.17. The highest BCUT2D eigenvalue weighted by Gasteiger charge is 2.18. The van der Waals surface area contributed by atoms with E-state index in [-0.39, 0.29) is 16.9 Å². The van der Waals surface area contributed by atoms with Gasteiger partial charge in [-0.1, -0.05) is 30.3 Å². The van der Waals surface area contributed by atoms with Crippen molar-refractivity contribution in [3.8, 4) is 5.75 Å². The van der Waals surface area contributed by atoms with Gasteiger partial charge in [0.15, 0.2) is 0 Å². The topological polar surface area (TPSA) is 83.8 Å². The molecule has 0 aliphatic rings. The predicted molar refractivity (Wildman–Crippen MR) is 84.9 cm³/mol. The van der Waals surface area contributed by atoms with Gasteiger partial charge in [0.25, 0.3) is 0 Å². The first-order valence-electron chi connectivity index (χ1n) is 7.24. The van der Waals surface area contributed by atoms with E-state index in [4.69, 9.17) is 5.11 Å². The molecule has 5 nitrogen and oxygen atoms in total. The number of aromatic hydroxyl groups is 1. The van der Waals surface area contributed by atoms with Crippen LogP contribution in [0.1, 0.15) is 38.3 Å². The number of hydrogen-bond acceptors (Lipinski definition) is 4. The van der Waals surface area contributed by atoms with Crippen molar-refractivity contribution in [2.45, 2.75) is 19.3 Å². The average molecular weight is 314 g/mol. The molecule has 23 heavy (non-hydrogen) atoms. The minimum Gasteiger partial charge on any atom is -0.507 e.